The summed E-state index contributed by atoms with van der Waals surface area (Å²) in [6.45, 7) is 6.18. The molecule has 0 radical (unpaired) electrons. The van der Waals surface area contributed by atoms with E-state index in [0.717, 1.165) is 19.4 Å². The van der Waals surface area contributed by atoms with Crippen LogP contribution in [-0.2, 0) is 12.6 Å². The molecule has 4 N–H and O–H groups in total. The first-order valence-corrected chi connectivity index (χ1v) is 11.9. The number of ketones is 1. The summed E-state index contributed by atoms with van der Waals surface area (Å²) in [6, 6.07) is 3.42. The number of nitrogens with zero attached hydrogens (tertiary/aromatic N) is 6. The van der Waals surface area contributed by atoms with Crippen LogP contribution in [0.2, 0.25) is 0 Å². The Morgan fingerprint density at radius 1 is 1.22 bits per heavy atom. The van der Waals surface area contributed by atoms with E-state index in [-0.39, 0.29) is 29.3 Å². The highest BCUT2D eigenvalue weighted by atomic mass is 16.3. The van der Waals surface area contributed by atoms with E-state index >= 15 is 0 Å². The second-order valence-electron chi connectivity index (χ2n) is 9.77. The molecule has 1 amide bonds. The molecule has 0 aliphatic carbocycles. The van der Waals surface area contributed by atoms with Gasteiger partial charge in [-0.05, 0) is 45.6 Å². The van der Waals surface area contributed by atoms with Gasteiger partial charge < -0.3 is 21.1 Å². The number of aromatic nitrogens is 5. The van der Waals surface area contributed by atoms with Crippen molar-refractivity contribution in [2.75, 3.05) is 16.8 Å². The van der Waals surface area contributed by atoms with Crippen molar-refractivity contribution in [2.24, 2.45) is 18.7 Å². The van der Waals surface area contributed by atoms with Gasteiger partial charge in [0.15, 0.2) is 17.3 Å². The minimum atomic E-state index is -1.01. The number of rotatable bonds is 8. The molecule has 0 spiro atoms. The largest absolute Gasteiger partial charge is 0.386 e. The van der Waals surface area contributed by atoms with Crippen molar-refractivity contribution in [3.8, 4) is 0 Å². The molecule has 190 valence electrons. The van der Waals surface area contributed by atoms with Crippen molar-refractivity contribution in [1.29, 1.82) is 0 Å². The van der Waals surface area contributed by atoms with Crippen LogP contribution in [0.3, 0.4) is 0 Å². The lowest BCUT2D eigenvalue weighted by Gasteiger charge is -2.40. The summed E-state index contributed by atoms with van der Waals surface area (Å²) in [7, 11) is 1.79. The Hall–Kier alpha value is -3.86. The van der Waals surface area contributed by atoms with Gasteiger partial charge in [-0.25, -0.2) is 9.97 Å². The molecule has 2 atom stereocenters. The molecule has 0 saturated carbocycles. The molecule has 0 aromatic carbocycles. The van der Waals surface area contributed by atoms with E-state index in [9.17, 15) is 14.7 Å². The fraction of sp³-hybridized carbons (Fsp3) is 0.440. The fourth-order valence-electron chi connectivity index (χ4n) is 4.49. The van der Waals surface area contributed by atoms with Crippen LogP contribution in [0.15, 0.2) is 36.9 Å². The van der Waals surface area contributed by atoms with Crippen molar-refractivity contribution in [3.63, 3.8) is 0 Å². The first kappa shape index (κ1) is 25.2. The van der Waals surface area contributed by atoms with Gasteiger partial charge in [0.05, 0.1) is 23.7 Å². The van der Waals surface area contributed by atoms with Crippen molar-refractivity contribution in [3.05, 3.63) is 53.9 Å². The molecule has 0 bridgehead atoms. The summed E-state index contributed by atoms with van der Waals surface area (Å²) in [5.74, 6) is 0.233. The van der Waals surface area contributed by atoms with Crippen molar-refractivity contribution < 1.29 is 14.7 Å². The average molecular weight is 493 g/mol. The van der Waals surface area contributed by atoms with Crippen LogP contribution in [-0.4, -0.2) is 54.1 Å². The Balaban J connectivity index is 1.51. The Labute approximate surface area is 209 Å². The quantitative estimate of drug-likeness (QED) is 0.403. The smallest absolute Gasteiger partial charge is 0.271 e. The zero-order chi connectivity index (χ0) is 26.0. The number of hydrogen-bond acceptors (Lipinski definition) is 9. The molecule has 1 aliphatic heterocycles. The normalized spacial score (nSPS) is 18.2. The van der Waals surface area contributed by atoms with Gasteiger partial charge in [0.2, 0.25) is 0 Å². The number of aryl methyl sites for hydroxylation is 1. The van der Waals surface area contributed by atoms with Crippen LogP contribution < -0.4 is 16.0 Å². The second-order valence-corrected chi connectivity index (χ2v) is 9.77. The van der Waals surface area contributed by atoms with E-state index in [0.29, 0.717) is 29.2 Å². The van der Waals surface area contributed by atoms with Crippen LogP contribution in [0, 0.1) is 5.92 Å². The lowest BCUT2D eigenvalue weighted by atomic mass is 9.85. The predicted molar refractivity (Wildman–Crippen MR) is 135 cm³/mol. The molecule has 1 aliphatic rings. The van der Waals surface area contributed by atoms with Gasteiger partial charge in [-0.1, -0.05) is 6.07 Å². The van der Waals surface area contributed by atoms with Gasteiger partial charge in [-0.2, -0.15) is 5.10 Å². The Morgan fingerprint density at radius 3 is 2.61 bits per heavy atom. The third kappa shape index (κ3) is 5.51. The topological polar surface area (TPSA) is 152 Å². The molecular weight excluding hydrogens is 460 g/mol. The number of primary amides is 1. The molecular formula is C25H32N8O3. The van der Waals surface area contributed by atoms with E-state index in [1.54, 1.807) is 62.5 Å². The maximum Gasteiger partial charge on any atom is 0.271 e. The first-order chi connectivity index (χ1) is 17.0. The Morgan fingerprint density at radius 2 is 2.00 bits per heavy atom. The summed E-state index contributed by atoms with van der Waals surface area (Å²) in [5, 5.41) is 17.3. The monoisotopic (exact) mass is 492 g/mol. The van der Waals surface area contributed by atoms with E-state index in [1.807, 2.05) is 0 Å². The van der Waals surface area contributed by atoms with Gasteiger partial charge in [-0.15, -0.1) is 0 Å². The Bertz CT molecular complexity index is 1250. The first-order valence-electron chi connectivity index (χ1n) is 11.9. The molecule has 3 aromatic heterocycles. The van der Waals surface area contributed by atoms with E-state index in [2.05, 4.69) is 37.2 Å². The Kier molecular flexibility index (Phi) is 7.02. The van der Waals surface area contributed by atoms with Gasteiger partial charge in [0.1, 0.15) is 11.5 Å². The molecule has 4 heterocycles. The third-order valence-electron chi connectivity index (χ3n) is 6.61. The maximum absolute atomic E-state index is 13.0. The number of carbonyl (C=O) groups excluding carboxylic acids is 2. The van der Waals surface area contributed by atoms with Gasteiger partial charge >= 0.3 is 0 Å². The number of amides is 1. The lowest BCUT2D eigenvalue weighted by molar-refractivity contribution is 0.0779. The van der Waals surface area contributed by atoms with Crippen LogP contribution in [0.5, 0.6) is 0 Å². The zero-order valence-corrected chi connectivity index (χ0v) is 21.0. The van der Waals surface area contributed by atoms with Gasteiger partial charge in [-0.3, -0.25) is 19.3 Å². The molecule has 1 saturated heterocycles. The third-order valence-corrected chi connectivity index (χ3v) is 6.61. The molecule has 36 heavy (non-hydrogen) atoms. The van der Waals surface area contributed by atoms with Gasteiger partial charge in [0.25, 0.3) is 5.91 Å². The minimum Gasteiger partial charge on any atom is -0.386 e. The lowest BCUT2D eigenvalue weighted by Crippen LogP contribution is -2.44. The molecule has 4 rings (SSSR count). The summed E-state index contributed by atoms with van der Waals surface area (Å²) >= 11 is 0. The highest BCUT2D eigenvalue weighted by Gasteiger charge is 2.32. The highest BCUT2D eigenvalue weighted by molar-refractivity contribution is 5.96. The number of piperidine rings is 1. The second kappa shape index (κ2) is 10.0. The molecule has 11 nitrogen and oxygen atoms in total. The number of pyridine rings is 1. The van der Waals surface area contributed by atoms with E-state index in [1.165, 1.54) is 0 Å². The SMILES string of the molecule is C[C@@H]1[C@H](CC(=O)c2ccc(C(C)(C)O)cn2)CCCN1c1cnc(C(N)=O)c(Nc2cnn(C)c2)n1. The van der Waals surface area contributed by atoms with Crippen molar-refractivity contribution in [2.45, 2.75) is 51.7 Å². The maximum atomic E-state index is 13.0. The van der Waals surface area contributed by atoms with Gasteiger partial charge in [0, 0.05) is 44.0 Å². The number of carbonyl (C=O) groups is 2. The number of anilines is 3. The van der Waals surface area contributed by atoms with E-state index < -0.39 is 11.5 Å². The molecule has 3 aromatic rings. The highest BCUT2D eigenvalue weighted by Crippen LogP contribution is 2.32. The predicted octanol–water partition coefficient (Wildman–Crippen LogP) is 2.55. The van der Waals surface area contributed by atoms with Crippen molar-refractivity contribution >= 4 is 29.0 Å². The number of nitrogens with one attached hydrogen (secondary N) is 1. The summed E-state index contributed by atoms with van der Waals surface area (Å²) in [4.78, 5) is 40.3. The number of nitrogens with two attached hydrogens (primary N) is 1. The van der Waals surface area contributed by atoms with Crippen LogP contribution >= 0.6 is 0 Å². The minimum absolute atomic E-state index is 0.0123. The van der Waals surface area contributed by atoms with Crippen molar-refractivity contribution in [1.82, 2.24) is 24.7 Å². The number of hydrogen-bond donors (Lipinski definition) is 3. The zero-order valence-electron chi connectivity index (χ0n) is 21.0. The summed E-state index contributed by atoms with van der Waals surface area (Å²) in [6.07, 6.45) is 8.61. The standard InChI is InChI=1S/C25H32N8O3/c1-15-16(10-20(34)19-8-7-17(11-27-19)25(2,3)36)6-5-9-33(15)21-13-28-22(23(26)35)24(31-21)30-18-12-29-32(4)14-18/h7-8,11-16,36H,5-6,9-10H2,1-4H3,(H2,26,35)(H,30,31)/t15-,16+/m1/s1. The molecule has 11 heteroatoms. The average Bonchev–Trinajstić information content (AvgIpc) is 3.24. The van der Waals surface area contributed by atoms with Crippen LogP contribution in [0.1, 0.15) is 66.6 Å². The number of aliphatic hydroxyl groups is 1. The van der Waals surface area contributed by atoms with E-state index in [4.69, 9.17) is 5.73 Å². The number of Topliss-reactive ketones (excluding diaryl/α,β-unsaturated/α-hetero) is 1. The molecule has 1 fully saturated rings. The molecule has 0 unspecified atom stereocenters. The summed E-state index contributed by atoms with van der Waals surface area (Å²) < 4.78 is 1.63. The fourth-order valence-corrected chi connectivity index (χ4v) is 4.49. The van der Waals surface area contributed by atoms with Crippen LogP contribution in [0.4, 0.5) is 17.3 Å². The summed E-state index contributed by atoms with van der Waals surface area (Å²) in [5.41, 5.74) is 6.26. The van der Waals surface area contributed by atoms with Crippen LogP contribution in [0.25, 0.3) is 0 Å².